The number of H-pyrrole nitrogens is 1. The largest absolute Gasteiger partial charge is 0.495 e. The van der Waals surface area contributed by atoms with Gasteiger partial charge in [-0.15, -0.1) is 5.10 Å². The smallest absolute Gasteiger partial charge is 0.253 e. The molecule has 3 heterocycles. The minimum Gasteiger partial charge on any atom is -0.495 e. The fourth-order valence-corrected chi connectivity index (χ4v) is 6.27. The van der Waals surface area contributed by atoms with Crippen LogP contribution in [0.5, 0.6) is 5.75 Å². The monoisotopic (exact) mass is 527 g/mol. The minimum absolute atomic E-state index is 0.0814. The van der Waals surface area contributed by atoms with E-state index >= 15 is 0 Å². The Balaban J connectivity index is 1.39. The van der Waals surface area contributed by atoms with E-state index in [-0.39, 0.29) is 17.6 Å². The molecule has 1 saturated carbocycles. The van der Waals surface area contributed by atoms with Gasteiger partial charge in [0.15, 0.2) is 5.82 Å². The predicted molar refractivity (Wildman–Crippen MR) is 153 cm³/mol. The van der Waals surface area contributed by atoms with Crippen LogP contribution in [-0.4, -0.2) is 63.4 Å². The maximum absolute atomic E-state index is 13.6. The van der Waals surface area contributed by atoms with Crippen molar-refractivity contribution < 1.29 is 4.74 Å². The molecule has 1 N–H and O–H groups in total. The molecule has 39 heavy (non-hydrogen) atoms. The summed E-state index contributed by atoms with van der Waals surface area (Å²) in [5, 5.41) is 14.2. The normalized spacial score (nSPS) is 17.9. The number of anilines is 1. The molecule has 6 rings (SSSR count). The highest BCUT2D eigenvalue weighted by Crippen LogP contribution is 2.35. The first-order valence-electron chi connectivity index (χ1n) is 14.2. The number of benzene rings is 2. The average Bonchev–Trinajstić information content (AvgIpc) is 3.47. The summed E-state index contributed by atoms with van der Waals surface area (Å²) in [6, 6.07) is 16.4. The Bertz CT molecular complexity index is 1480. The van der Waals surface area contributed by atoms with Gasteiger partial charge in [0.05, 0.1) is 18.8 Å². The van der Waals surface area contributed by atoms with Gasteiger partial charge in [0.2, 0.25) is 0 Å². The maximum atomic E-state index is 13.6. The Morgan fingerprint density at radius 2 is 1.82 bits per heavy atom. The molecule has 2 aliphatic rings. The van der Waals surface area contributed by atoms with Crippen molar-refractivity contribution in [2.24, 2.45) is 0 Å². The fraction of sp³-hybridized carbons (Fsp3) is 0.467. The molecule has 1 unspecified atom stereocenters. The Labute approximate surface area is 228 Å². The molecule has 1 aliphatic heterocycles. The summed E-state index contributed by atoms with van der Waals surface area (Å²) in [4.78, 5) is 21.5. The zero-order valence-corrected chi connectivity index (χ0v) is 22.8. The molecule has 204 valence electrons. The van der Waals surface area contributed by atoms with Gasteiger partial charge in [-0.1, -0.05) is 44.4 Å². The molecule has 1 saturated heterocycles. The highest BCUT2D eigenvalue weighted by Gasteiger charge is 2.34. The van der Waals surface area contributed by atoms with Gasteiger partial charge in [0.25, 0.3) is 5.56 Å². The zero-order valence-electron chi connectivity index (χ0n) is 22.8. The third-order valence-corrected chi connectivity index (χ3v) is 8.43. The van der Waals surface area contributed by atoms with Crippen molar-refractivity contribution in [3.05, 3.63) is 75.8 Å². The molecular weight excluding hydrogens is 490 g/mol. The van der Waals surface area contributed by atoms with Gasteiger partial charge in [-0.2, -0.15) is 0 Å². The average molecular weight is 528 g/mol. The highest BCUT2D eigenvalue weighted by molar-refractivity contribution is 5.80. The van der Waals surface area contributed by atoms with Crippen molar-refractivity contribution in [2.45, 2.75) is 57.5 Å². The Kier molecular flexibility index (Phi) is 7.32. The molecule has 2 fully saturated rings. The highest BCUT2D eigenvalue weighted by atomic mass is 16.5. The second-order valence-corrected chi connectivity index (χ2v) is 10.7. The molecule has 2 aromatic carbocycles. The van der Waals surface area contributed by atoms with Crippen molar-refractivity contribution in [3.8, 4) is 5.75 Å². The summed E-state index contributed by atoms with van der Waals surface area (Å²) in [7, 11) is 1.71. The number of aromatic nitrogens is 5. The van der Waals surface area contributed by atoms with Crippen LogP contribution < -0.4 is 15.2 Å². The number of aryl methyl sites for hydroxylation is 1. The van der Waals surface area contributed by atoms with Gasteiger partial charge in [-0.3, -0.25) is 9.69 Å². The van der Waals surface area contributed by atoms with Gasteiger partial charge >= 0.3 is 0 Å². The topological polar surface area (TPSA) is 92.2 Å². The lowest BCUT2D eigenvalue weighted by molar-refractivity contribution is 0.192. The third kappa shape index (κ3) is 5.03. The van der Waals surface area contributed by atoms with Crippen LogP contribution in [-0.2, 0) is 6.42 Å². The summed E-state index contributed by atoms with van der Waals surface area (Å²) in [6.07, 6.45) is 6.71. The number of hydrogen-bond donors (Lipinski definition) is 1. The number of nitrogens with zero attached hydrogens (tertiary/aromatic N) is 6. The number of piperazine rings is 1. The van der Waals surface area contributed by atoms with Gasteiger partial charge in [0, 0.05) is 37.3 Å². The van der Waals surface area contributed by atoms with E-state index < -0.39 is 0 Å². The quantitative estimate of drug-likeness (QED) is 0.378. The van der Waals surface area contributed by atoms with E-state index in [1.54, 1.807) is 7.11 Å². The molecule has 0 radical (unpaired) electrons. The molecule has 0 bridgehead atoms. The van der Waals surface area contributed by atoms with E-state index in [4.69, 9.17) is 4.74 Å². The molecule has 4 aromatic rings. The molecule has 1 aliphatic carbocycles. The SMILES string of the molecule is CCc1ccc2[nH]c(=O)c(C(c3nnnn3C3CCCCC3)N3CCN(c4ccccc4OC)CC3)cc2c1. The van der Waals surface area contributed by atoms with Crippen molar-refractivity contribution in [2.75, 3.05) is 38.2 Å². The number of fused-ring (bicyclic) bond motifs is 1. The number of ether oxygens (including phenoxy) is 1. The van der Waals surface area contributed by atoms with Crippen molar-refractivity contribution in [1.82, 2.24) is 30.1 Å². The zero-order chi connectivity index (χ0) is 26.8. The summed E-state index contributed by atoms with van der Waals surface area (Å²) < 4.78 is 7.65. The predicted octanol–water partition coefficient (Wildman–Crippen LogP) is 4.50. The Morgan fingerprint density at radius 1 is 1.03 bits per heavy atom. The molecule has 9 heteroatoms. The summed E-state index contributed by atoms with van der Waals surface area (Å²) >= 11 is 0. The number of pyridine rings is 1. The first-order chi connectivity index (χ1) is 19.2. The van der Waals surface area contributed by atoms with E-state index in [0.29, 0.717) is 5.56 Å². The lowest BCUT2D eigenvalue weighted by Gasteiger charge is -2.40. The van der Waals surface area contributed by atoms with E-state index in [9.17, 15) is 4.79 Å². The number of para-hydroxylation sites is 2. The van der Waals surface area contributed by atoms with Gasteiger partial charge in [-0.05, 0) is 71.0 Å². The maximum Gasteiger partial charge on any atom is 0.253 e. The van der Waals surface area contributed by atoms with Crippen molar-refractivity contribution >= 4 is 16.6 Å². The first-order valence-corrected chi connectivity index (χ1v) is 14.2. The number of tetrazole rings is 1. The number of hydrogen-bond acceptors (Lipinski definition) is 7. The molecule has 0 spiro atoms. The van der Waals surface area contributed by atoms with Crippen LogP contribution in [0.2, 0.25) is 0 Å². The van der Waals surface area contributed by atoms with Crippen LogP contribution in [0.15, 0.2) is 53.3 Å². The lowest BCUT2D eigenvalue weighted by Crippen LogP contribution is -2.49. The second kappa shape index (κ2) is 11.2. The summed E-state index contributed by atoms with van der Waals surface area (Å²) in [5.74, 6) is 1.64. The van der Waals surface area contributed by atoms with E-state index in [1.165, 1.54) is 24.8 Å². The van der Waals surface area contributed by atoms with E-state index in [0.717, 1.165) is 73.6 Å². The van der Waals surface area contributed by atoms with Crippen LogP contribution in [0.25, 0.3) is 10.9 Å². The fourth-order valence-electron chi connectivity index (χ4n) is 6.27. The first kappa shape index (κ1) is 25.6. The van der Waals surface area contributed by atoms with Crippen molar-refractivity contribution in [3.63, 3.8) is 0 Å². The number of methoxy groups -OCH3 is 1. The minimum atomic E-state index is -0.333. The standard InChI is InChI=1S/C30H37N7O2/c1-3-21-13-14-25-22(19-21)20-24(30(38)31-25)28(29-32-33-34-37(29)23-9-5-4-6-10-23)36-17-15-35(16-18-36)26-11-7-8-12-27(26)39-2/h7-8,11-14,19-20,23,28H,3-6,9-10,15-18H2,1-2H3,(H,31,38). The lowest BCUT2D eigenvalue weighted by atomic mass is 9.95. The van der Waals surface area contributed by atoms with Crippen molar-refractivity contribution in [1.29, 1.82) is 0 Å². The Hall–Kier alpha value is -3.72. The molecule has 9 nitrogen and oxygen atoms in total. The van der Waals surface area contributed by atoms with Gasteiger partial charge in [-0.25, -0.2) is 4.68 Å². The van der Waals surface area contributed by atoms with Crippen LogP contribution in [0.4, 0.5) is 5.69 Å². The summed E-state index contributed by atoms with van der Waals surface area (Å²) in [5.41, 5.74) is 3.82. The Morgan fingerprint density at radius 3 is 2.59 bits per heavy atom. The summed E-state index contributed by atoms with van der Waals surface area (Å²) in [6.45, 7) is 5.32. The molecule has 2 aromatic heterocycles. The van der Waals surface area contributed by atoms with Crippen LogP contribution in [0.3, 0.4) is 0 Å². The number of aromatic amines is 1. The van der Waals surface area contributed by atoms with Crippen LogP contribution in [0, 0.1) is 0 Å². The molecule has 0 amide bonds. The molecular formula is C30H37N7O2. The number of nitrogens with one attached hydrogen (secondary N) is 1. The number of rotatable bonds is 7. The van der Waals surface area contributed by atoms with Crippen LogP contribution in [0.1, 0.15) is 68.1 Å². The van der Waals surface area contributed by atoms with Gasteiger partial charge in [0.1, 0.15) is 11.8 Å². The van der Waals surface area contributed by atoms with Crippen LogP contribution >= 0.6 is 0 Å². The van der Waals surface area contributed by atoms with E-state index in [1.807, 2.05) is 28.9 Å². The van der Waals surface area contributed by atoms with E-state index in [2.05, 4.69) is 61.5 Å². The second-order valence-electron chi connectivity index (χ2n) is 10.7. The third-order valence-electron chi connectivity index (χ3n) is 8.43. The molecule has 1 atom stereocenters. The van der Waals surface area contributed by atoms with Gasteiger partial charge < -0.3 is 14.6 Å².